The zero-order valence-corrected chi connectivity index (χ0v) is 14.4. The van der Waals surface area contributed by atoms with Gasteiger partial charge in [0.05, 0.1) is 26.0 Å². The molecule has 0 spiro atoms. The highest BCUT2D eigenvalue weighted by Gasteiger charge is 2.32. The summed E-state index contributed by atoms with van der Waals surface area (Å²) in [5, 5.41) is 6.29. The summed E-state index contributed by atoms with van der Waals surface area (Å²) >= 11 is 0. The minimum Gasteiger partial charge on any atom is -0.465 e. The lowest BCUT2D eigenvalue weighted by molar-refractivity contribution is -0.147. The molecule has 136 valence electrons. The Labute approximate surface area is 141 Å². The van der Waals surface area contributed by atoms with Gasteiger partial charge in [0.1, 0.15) is 11.5 Å². The van der Waals surface area contributed by atoms with Gasteiger partial charge in [-0.15, -0.1) is 0 Å². The van der Waals surface area contributed by atoms with Crippen molar-refractivity contribution in [2.45, 2.75) is 33.4 Å². The molecule has 1 atom stereocenters. The molecule has 1 aliphatic heterocycles. The monoisotopic (exact) mass is 342 g/mol. The molecule has 1 unspecified atom stereocenters. The van der Waals surface area contributed by atoms with E-state index in [0.717, 1.165) is 19.5 Å². The van der Waals surface area contributed by atoms with Crippen molar-refractivity contribution < 1.29 is 28.6 Å². The van der Waals surface area contributed by atoms with Gasteiger partial charge in [-0.05, 0) is 46.4 Å². The fraction of sp³-hybridized carbons (Fsp3) is 0.688. The zero-order chi connectivity index (χ0) is 17.9. The molecule has 0 radical (unpaired) electrons. The van der Waals surface area contributed by atoms with Crippen molar-refractivity contribution in [1.29, 1.82) is 0 Å². The van der Waals surface area contributed by atoms with Crippen LogP contribution in [0.25, 0.3) is 0 Å². The first-order valence-electron chi connectivity index (χ1n) is 8.24. The molecule has 1 saturated heterocycles. The average molecular weight is 342 g/mol. The van der Waals surface area contributed by atoms with Crippen molar-refractivity contribution in [2.24, 2.45) is 5.92 Å². The van der Waals surface area contributed by atoms with Gasteiger partial charge in [-0.25, -0.2) is 9.59 Å². The fourth-order valence-electron chi connectivity index (χ4n) is 2.29. The zero-order valence-electron chi connectivity index (χ0n) is 14.4. The molecule has 0 aromatic carbocycles. The number of hydrogen-bond acceptors (Lipinski definition) is 8. The average Bonchev–Trinajstić information content (AvgIpc) is 2.57. The number of esters is 3. The van der Waals surface area contributed by atoms with Crippen LogP contribution in [0.3, 0.4) is 0 Å². The third-order valence-corrected chi connectivity index (χ3v) is 3.34. The second-order valence-electron chi connectivity index (χ2n) is 5.04. The van der Waals surface area contributed by atoms with E-state index in [-0.39, 0.29) is 25.4 Å². The molecule has 0 aromatic rings. The van der Waals surface area contributed by atoms with Gasteiger partial charge in [-0.2, -0.15) is 0 Å². The van der Waals surface area contributed by atoms with Crippen LogP contribution in [0.15, 0.2) is 11.6 Å². The van der Waals surface area contributed by atoms with Gasteiger partial charge >= 0.3 is 17.9 Å². The molecule has 2 N–H and O–H groups in total. The quantitative estimate of drug-likeness (QED) is 0.211. The van der Waals surface area contributed by atoms with E-state index in [1.165, 1.54) is 6.08 Å². The molecule has 1 rings (SSSR count). The Morgan fingerprint density at radius 3 is 1.92 bits per heavy atom. The molecule has 0 aromatic heterocycles. The van der Waals surface area contributed by atoms with Crippen LogP contribution in [0.2, 0.25) is 0 Å². The normalized spacial score (nSPS) is 16.0. The summed E-state index contributed by atoms with van der Waals surface area (Å²) < 4.78 is 14.9. The Bertz CT molecular complexity index is 451. The standard InChI is InChI=1S/C16H26N2O6/c1-4-22-14(19)11(13-17-8-7-9-18-13)10-12(15(20)23-5-2)16(21)24-6-3/h10-11,13,17-18H,4-9H2,1-3H3. The predicted molar refractivity (Wildman–Crippen MR) is 85.9 cm³/mol. The van der Waals surface area contributed by atoms with Crippen LogP contribution in [-0.2, 0) is 28.6 Å². The fourth-order valence-corrected chi connectivity index (χ4v) is 2.29. The van der Waals surface area contributed by atoms with Crippen LogP contribution >= 0.6 is 0 Å². The first kappa shape index (κ1) is 20.1. The molecule has 0 saturated carbocycles. The minimum atomic E-state index is -0.853. The second kappa shape index (κ2) is 10.8. The predicted octanol–water partition coefficient (Wildman–Crippen LogP) is 0.127. The smallest absolute Gasteiger partial charge is 0.345 e. The number of nitrogens with one attached hydrogen (secondary N) is 2. The lowest BCUT2D eigenvalue weighted by Crippen LogP contribution is -2.54. The number of rotatable bonds is 8. The van der Waals surface area contributed by atoms with E-state index >= 15 is 0 Å². The summed E-state index contributed by atoms with van der Waals surface area (Å²) in [6.07, 6.45) is 1.75. The van der Waals surface area contributed by atoms with Crippen molar-refractivity contribution in [2.75, 3.05) is 32.9 Å². The van der Waals surface area contributed by atoms with Crippen LogP contribution in [0.4, 0.5) is 0 Å². The van der Waals surface area contributed by atoms with Crippen LogP contribution in [0.1, 0.15) is 27.2 Å². The molecule has 1 fully saturated rings. The highest BCUT2D eigenvalue weighted by atomic mass is 16.6. The topological polar surface area (TPSA) is 103 Å². The number of carbonyl (C=O) groups is 3. The first-order chi connectivity index (χ1) is 11.5. The van der Waals surface area contributed by atoms with Gasteiger partial charge in [0.2, 0.25) is 0 Å². The molecule has 24 heavy (non-hydrogen) atoms. The highest BCUT2D eigenvalue weighted by Crippen LogP contribution is 2.15. The highest BCUT2D eigenvalue weighted by molar-refractivity contribution is 6.14. The lowest BCUT2D eigenvalue weighted by Gasteiger charge is -2.29. The van der Waals surface area contributed by atoms with Crippen LogP contribution in [-0.4, -0.2) is 57.0 Å². The maximum Gasteiger partial charge on any atom is 0.345 e. The van der Waals surface area contributed by atoms with Gasteiger partial charge < -0.3 is 24.8 Å². The molecular formula is C16H26N2O6. The van der Waals surface area contributed by atoms with Crippen LogP contribution in [0.5, 0.6) is 0 Å². The third kappa shape index (κ3) is 5.93. The van der Waals surface area contributed by atoms with E-state index in [2.05, 4.69) is 10.6 Å². The molecule has 8 heteroatoms. The van der Waals surface area contributed by atoms with Crippen molar-refractivity contribution in [3.05, 3.63) is 11.6 Å². The van der Waals surface area contributed by atoms with Gasteiger partial charge in [0.25, 0.3) is 0 Å². The van der Waals surface area contributed by atoms with E-state index in [4.69, 9.17) is 14.2 Å². The summed E-state index contributed by atoms with van der Waals surface area (Å²) in [6.45, 7) is 6.81. The minimum absolute atomic E-state index is 0.111. The maximum absolute atomic E-state index is 12.3. The van der Waals surface area contributed by atoms with Crippen LogP contribution < -0.4 is 10.6 Å². The Kier molecular flexibility index (Phi) is 9.03. The van der Waals surface area contributed by atoms with Gasteiger partial charge in [0.15, 0.2) is 0 Å². The first-order valence-corrected chi connectivity index (χ1v) is 8.24. The van der Waals surface area contributed by atoms with E-state index < -0.39 is 30.0 Å². The van der Waals surface area contributed by atoms with Crippen molar-refractivity contribution in [3.63, 3.8) is 0 Å². The van der Waals surface area contributed by atoms with E-state index in [0.29, 0.717) is 0 Å². The summed E-state index contributed by atoms with van der Waals surface area (Å²) in [7, 11) is 0. The van der Waals surface area contributed by atoms with Crippen molar-refractivity contribution in [1.82, 2.24) is 10.6 Å². The molecule has 0 amide bonds. The summed E-state index contributed by atoms with van der Waals surface area (Å²) in [5.41, 5.74) is -0.300. The van der Waals surface area contributed by atoms with Crippen molar-refractivity contribution >= 4 is 17.9 Å². The largest absolute Gasteiger partial charge is 0.465 e. The molecule has 8 nitrogen and oxygen atoms in total. The molecule has 0 aliphatic carbocycles. The van der Waals surface area contributed by atoms with Gasteiger partial charge in [0, 0.05) is 0 Å². The van der Waals surface area contributed by atoms with Crippen molar-refractivity contribution in [3.8, 4) is 0 Å². The lowest BCUT2D eigenvalue weighted by atomic mass is 10.0. The summed E-state index contributed by atoms with van der Waals surface area (Å²) in [5.74, 6) is -3.02. The number of carbonyl (C=O) groups excluding carboxylic acids is 3. The number of hydrogen-bond donors (Lipinski definition) is 2. The Morgan fingerprint density at radius 1 is 0.958 bits per heavy atom. The number of ether oxygens (including phenoxy) is 3. The van der Waals surface area contributed by atoms with E-state index in [9.17, 15) is 14.4 Å². The Balaban J connectivity index is 3.12. The van der Waals surface area contributed by atoms with Crippen LogP contribution in [0, 0.1) is 5.92 Å². The summed E-state index contributed by atoms with van der Waals surface area (Å²) in [4.78, 5) is 36.4. The van der Waals surface area contributed by atoms with E-state index in [1.54, 1.807) is 20.8 Å². The Hall–Kier alpha value is -1.93. The molecule has 1 heterocycles. The second-order valence-corrected chi connectivity index (χ2v) is 5.04. The van der Waals surface area contributed by atoms with Gasteiger partial charge in [-0.1, -0.05) is 0 Å². The Morgan fingerprint density at radius 2 is 1.46 bits per heavy atom. The van der Waals surface area contributed by atoms with Gasteiger partial charge in [-0.3, -0.25) is 4.79 Å². The maximum atomic E-state index is 12.3. The third-order valence-electron chi connectivity index (χ3n) is 3.34. The molecule has 1 aliphatic rings. The summed E-state index contributed by atoms with van der Waals surface area (Å²) in [6, 6.07) is 0. The molecule has 0 bridgehead atoms. The van der Waals surface area contributed by atoms with E-state index in [1.807, 2.05) is 0 Å². The molecular weight excluding hydrogens is 316 g/mol. The SMILES string of the molecule is CCOC(=O)C(=CC(C(=O)OCC)C1NCCCN1)C(=O)OCC.